The summed E-state index contributed by atoms with van der Waals surface area (Å²) in [6.45, 7) is -1.20. The Morgan fingerprint density at radius 3 is 2.04 bits per heavy atom. The summed E-state index contributed by atoms with van der Waals surface area (Å²) in [6.07, 6.45) is -12.9. The van der Waals surface area contributed by atoms with Gasteiger partial charge in [0.2, 0.25) is 12.0 Å². The number of hydrogen-bond donors (Lipinski definition) is 9. The Morgan fingerprint density at radius 2 is 1.35 bits per heavy atom. The lowest BCUT2D eigenvalue weighted by Gasteiger charge is -2.42. The van der Waals surface area contributed by atoms with E-state index in [1.54, 1.807) is 18.2 Å². The van der Waals surface area contributed by atoms with Crippen molar-refractivity contribution < 1.29 is 74.4 Å². The van der Waals surface area contributed by atoms with Gasteiger partial charge in [-0.15, -0.1) is 0 Å². The third-order valence-electron chi connectivity index (χ3n) is 9.20. The lowest BCUT2D eigenvalue weighted by atomic mass is 9.95. The maximum Gasteiger partial charge on any atom is 0.229 e. The van der Waals surface area contributed by atoms with Crippen LogP contribution in [0.3, 0.4) is 0 Å². The zero-order chi connectivity index (χ0) is 34.7. The highest BCUT2D eigenvalue weighted by Crippen LogP contribution is 2.50. The molecule has 2 aromatic carbocycles. The summed E-state index contributed by atoms with van der Waals surface area (Å²) >= 11 is 0. The summed E-state index contributed by atoms with van der Waals surface area (Å²) < 4.78 is 34.5. The molecule has 11 unspecified atom stereocenters. The molecule has 9 N–H and O–H groups in total. The summed E-state index contributed by atoms with van der Waals surface area (Å²) in [5.41, 5.74) is 2.49. The monoisotopic (exact) mass is 682 g/mol. The van der Waals surface area contributed by atoms with Crippen LogP contribution in [0.5, 0.6) is 23.0 Å². The van der Waals surface area contributed by atoms with Gasteiger partial charge in [0.15, 0.2) is 17.8 Å². The molecule has 0 saturated carbocycles. The number of phenolic OH excluding ortho intramolecular Hbond substituents is 1. The molecule has 2 aliphatic heterocycles. The molecule has 0 spiro atoms. The zero-order valence-electron chi connectivity index (χ0n) is 26.8. The van der Waals surface area contributed by atoms with Crippen molar-refractivity contribution in [1.29, 1.82) is 0 Å². The van der Waals surface area contributed by atoms with Crippen molar-refractivity contribution in [2.75, 3.05) is 27.4 Å². The molecule has 15 nitrogen and oxygen atoms in total. The molecule has 0 radical (unpaired) electrons. The van der Waals surface area contributed by atoms with Gasteiger partial charge in [0.05, 0.1) is 33.5 Å². The Kier molecular flexibility index (Phi) is 12.0. The van der Waals surface area contributed by atoms with Crippen molar-refractivity contribution >= 4 is 0 Å². The van der Waals surface area contributed by atoms with Gasteiger partial charge in [-0.05, 0) is 61.4 Å². The first-order valence-corrected chi connectivity index (χ1v) is 16.1. The van der Waals surface area contributed by atoms with Crippen LogP contribution in [-0.4, -0.2) is 141 Å². The molecule has 0 amide bonds. The van der Waals surface area contributed by atoms with E-state index < -0.39 is 80.7 Å². The first-order chi connectivity index (χ1) is 23.0. The molecule has 48 heavy (non-hydrogen) atoms. The number of aromatic hydroxyl groups is 1. The van der Waals surface area contributed by atoms with E-state index in [0.717, 1.165) is 5.56 Å². The fraction of sp³-hybridized carbons (Fsp3) is 0.636. The lowest BCUT2D eigenvalue weighted by Crippen LogP contribution is -2.62. The highest BCUT2D eigenvalue weighted by Gasteiger charge is 2.48. The third kappa shape index (κ3) is 7.51. The number of methoxy groups -OCH3 is 2. The average Bonchev–Trinajstić information content (AvgIpc) is 3.09. The SMILES string of the molecule is COc1c2cc(c(OC3OC(COC4OC(CO)C(O)C(O)C4O)C(O)C(O)C3O)c1OC)CCCCC(O)CCc1ccc(O)c-2c1. The predicted octanol–water partition coefficient (Wildman–Crippen LogP) is -0.901. The van der Waals surface area contributed by atoms with Gasteiger partial charge in [-0.25, -0.2) is 0 Å². The van der Waals surface area contributed by atoms with E-state index in [9.17, 15) is 46.0 Å². The normalized spacial score (nSPS) is 34.3. The molecule has 15 heteroatoms. The lowest BCUT2D eigenvalue weighted by molar-refractivity contribution is -0.323. The number of rotatable bonds is 8. The molecular weight excluding hydrogens is 636 g/mol. The largest absolute Gasteiger partial charge is 0.507 e. The van der Waals surface area contributed by atoms with Gasteiger partial charge in [0.25, 0.3) is 0 Å². The molecule has 2 saturated heterocycles. The molecule has 5 rings (SSSR count). The Labute approximate surface area is 277 Å². The van der Waals surface area contributed by atoms with E-state index in [1.165, 1.54) is 14.2 Å². The molecule has 2 aromatic rings. The minimum Gasteiger partial charge on any atom is -0.507 e. The van der Waals surface area contributed by atoms with Crippen LogP contribution in [0, 0.1) is 0 Å². The number of hydrogen-bond acceptors (Lipinski definition) is 15. The quantitative estimate of drug-likeness (QED) is 0.164. The van der Waals surface area contributed by atoms with Gasteiger partial charge in [0.1, 0.15) is 54.6 Å². The van der Waals surface area contributed by atoms with Crippen LogP contribution in [0.25, 0.3) is 11.1 Å². The molecule has 2 fully saturated rings. The molecule has 1 aliphatic carbocycles. The van der Waals surface area contributed by atoms with Gasteiger partial charge in [0, 0.05) is 11.1 Å². The zero-order valence-corrected chi connectivity index (χ0v) is 26.8. The first kappa shape index (κ1) is 36.5. The topological polar surface area (TPSA) is 237 Å². The van der Waals surface area contributed by atoms with E-state index in [-0.39, 0.29) is 23.0 Å². The van der Waals surface area contributed by atoms with E-state index >= 15 is 0 Å². The number of aliphatic hydroxyl groups excluding tert-OH is 8. The van der Waals surface area contributed by atoms with E-state index in [4.69, 9.17) is 28.4 Å². The third-order valence-corrected chi connectivity index (χ3v) is 9.20. The maximum absolute atomic E-state index is 11.0. The van der Waals surface area contributed by atoms with E-state index in [2.05, 4.69) is 0 Å². The second-order valence-electron chi connectivity index (χ2n) is 12.4. The number of phenols is 1. The molecule has 2 heterocycles. The fourth-order valence-corrected chi connectivity index (χ4v) is 6.37. The summed E-state index contributed by atoms with van der Waals surface area (Å²) in [5, 5.41) is 93.9. The van der Waals surface area contributed by atoms with E-state index in [1.807, 2.05) is 6.07 Å². The number of ether oxygens (including phenoxy) is 6. The Hall–Kier alpha value is -2.80. The van der Waals surface area contributed by atoms with Gasteiger partial charge in [-0.2, -0.15) is 0 Å². The second kappa shape index (κ2) is 15.8. The van der Waals surface area contributed by atoms with Crippen LogP contribution >= 0.6 is 0 Å². The first-order valence-electron chi connectivity index (χ1n) is 16.1. The van der Waals surface area contributed by atoms with Crippen molar-refractivity contribution in [3.63, 3.8) is 0 Å². The summed E-state index contributed by atoms with van der Waals surface area (Å²) in [4.78, 5) is 0. The highest BCUT2D eigenvalue weighted by atomic mass is 16.7. The standard InChI is InChI=1S/C33H46O15/c1-43-30-19-12-16(5-3-4-6-17(35)9-7-15-8-10-20(36)18(19)11-15)29(31(30)44-2)48-33-28(42)26(40)24(38)22(47-33)14-45-32-27(41)25(39)23(37)21(13-34)46-32/h8,10-12,17,21-28,32-42H,3-7,9,13-14H2,1-2H3. The second-order valence-corrected chi connectivity index (χ2v) is 12.4. The Morgan fingerprint density at radius 1 is 0.688 bits per heavy atom. The maximum atomic E-state index is 11.0. The van der Waals surface area contributed by atoms with Gasteiger partial charge < -0.3 is 74.4 Å². The van der Waals surface area contributed by atoms with Gasteiger partial charge in [-0.1, -0.05) is 12.5 Å². The van der Waals surface area contributed by atoms with Crippen molar-refractivity contribution in [3.8, 4) is 34.1 Å². The molecule has 0 aromatic heterocycles. The fourth-order valence-electron chi connectivity index (χ4n) is 6.37. The number of aryl methyl sites for hydroxylation is 2. The molecule has 268 valence electrons. The van der Waals surface area contributed by atoms with E-state index in [0.29, 0.717) is 55.2 Å². The highest BCUT2D eigenvalue weighted by molar-refractivity contribution is 5.81. The van der Waals surface area contributed by atoms with Crippen molar-refractivity contribution in [2.24, 2.45) is 0 Å². The predicted molar refractivity (Wildman–Crippen MR) is 166 cm³/mol. The molecular formula is C33H46O15. The smallest absolute Gasteiger partial charge is 0.229 e. The van der Waals surface area contributed by atoms with Crippen LogP contribution in [0.15, 0.2) is 24.3 Å². The molecule has 3 aliphatic rings. The van der Waals surface area contributed by atoms with Crippen LogP contribution in [0.1, 0.15) is 36.8 Å². The van der Waals surface area contributed by atoms with Crippen molar-refractivity contribution in [1.82, 2.24) is 0 Å². The van der Waals surface area contributed by atoms with Crippen LogP contribution in [0.4, 0.5) is 0 Å². The average molecular weight is 683 g/mol. The Bertz CT molecular complexity index is 1370. The Balaban J connectivity index is 1.46. The number of aliphatic hydroxyl groups is 8. The number of fused-ring (bicyclic) bond motifs is 5. The van der Waals surface area contributed by atoms with Gasteiger partial charge >= 0.3 is 0 Å². The van der Waals surface area contributed by atoms with Crippen molar-refractivity contribution in [3.05, 3.63) is 35.4 Å². The van der Waals surface area contributed by atoms with Gasteiger partial charge in [-0.3, -0.25) is 0 Å². The number of benzene rings is 2. The van der Waals surface area contributed by atoms with Crippen LogP contribution < -0.4 is 14.2 Å². The summed E-state index contributed by atoms with van der Waals surface area (Å²) in [5.74, 6) is 0.451. The molecule has 4 bridgehead atoms. The summed E-state index contributed by atoms with van der Waals surface area (Å²) in [7, 11) is 2.82. The van der Waals surface area contributed by atoms with Crippen LogP contribution in [0.2, 0.25) is 0 Å². The van der Waals surface area contributed by atoms with Crippen molar-refractivity contribution in [2.45, 2.75) is 106 Å². The van der Waals surface area contributed by atoms with Crippen LogP contribution in [-0.2, 0) is 27.1 Å². The molecule has 11 atom stereocenters. The minimum absolute atomic E-state index is 0.000434. The minimum atomic E-state index is -1.77. The summed E-state index contributed by atoms with van der Waals surface area (Å²) in [6, 6.07) is 6.99.